The molecule has 10 heavy (non-hydrogen) atoms. The lowest BCUT2D eigenvalue weighted by atomic mass is 10.1. The molecule has 0 N–H and O–H groups in total. The molecule has 0 aliphatic rings. The van der Waals surface area contributed by atoms with Crippen LogP contribution in [0.5, 0.6) is 0 Å². The molecule has 0 aliphatic heterocycles. The summed E-state index contributed by atoms with van der Waals surface area (Å²) in [6, 6.07) is 7.69. The molecule has 1 radical (unpaired) electrons. The lowest BCUT2D eigenvalue weighted by Crippen LogP contribution is -1.91. The summed E-state index contributed by atoms with van der Waals surface area (Å²) in [5.74, 6) is 0. The standard InChI is InChI=1S/C9H11O/c1-7-5-3-4-6-9(7)8(2)10/h3-6,8H,1-2H3. The van der Waals surface area contributed by atoms with Gasteiger partial charge in [-0.25, -0.2) is 5.11 Å². The molecule has 0 aromatic heterocycles. The number of rotatable bonds is 1. The summed E-state index contributed by atoms with van der Waals surface area (Å²) in [4.78, 5) is 0. The maximum absolute atomic E-state index is 10.9. The minimum absolute atomic E-state index is 0.596. The fraction of sp³-hybridized carbons (Fsp3) is 0.333. The van der Waals surface area contributed by atoms with Gasteiger partial charge in [-0.05, 0) is 25.0 Å². The van der Waals surface area contributed by atoms with Gasteiger partial charge in [-0.3, -0.25) is 0 Å². The molecular formula is C9H11O. The van der Waals surface area contributed by atoms with Crippen LogP contribution in [0.15, 0.2) is 24.3 Å². The first-order chi connectivity index (χ1) is 4.72. The van der Waals surface area contributed by atoms with Gasteiger partial charge in [-0.15, -0.1) is 0 Å². The van der Waals surface area contributed by atoms with E-state index in [2.05, 4.69) is 0 Å². The fourth-order valence-corrected chi connectivity index (χ4v) is 1.04. The largest absolute Gasteiger partial charge is 0.228 e. The molecule has 0 bridgehead atoms. The first kappa shape index (κ1) is 7.29. The highest BCUT2D eigenvalue weighted by Gasteiger charge is 2.03. The van der Waals surface area contributed by atoms with E-state index in [0.717, 1.165) is 11.1 Å². The second kappa shape index (κ2) is 2.84. The molecule has 0 saturated heterocycles. The van der Waals surface area contributed by atoms with Crippen molar-refractivity contribution in [3.05, 3.63) is 35.4 Å². The van der Waals surface area contributed by atoms with Crippen molar-refractivity contribution in [1.29, 1.82) is 0 Å². The van der Waals surface area contributed by atoms with Crippen molar-refractivity contribution < 1.29 is 5.11 Å². The Hall–Kier alpha value is -0.820. The quantitative estimate of drug-likeness (QED) is 0.563. The topological polar surface area (TPSA) is 19.9 Å². The summed E-state index contributed by atoms with van der Waals surface area (Å²) in [5.41, 5.74) is 1.99. The number of aryl methyl sites for hydroxylation is 1. The molecule has 1 unspecified atom stereocenters. The summed E-state index contributed by atoms with van der Waals surface area (Å²) < 4.78 is 0. The Balaban J connectivity index is 3.03. The van der Waals surface area contributed by atoms with Crippen LogP contribution < -0.4 is 0 Å². The van der Waals surface area contributed by atoms with Gasteiger partial charge in [0.1, 0.15) is 6.10 Å². The van der Waals surface area contributed by atoms with Crippen molar-refractivity contribution in [1.82, 2.24) is 0 Å². The SMILES string of the molecule is Cc1ccccc1C(C)[O]. The highest BCUT2D eigenvalue weighted by atomic mass is 16.3. The number of hydrogen-bond acceptors (Lipinski definition) is 0. The normalized spacial score (nSPS) is 13.1. The Labute approximate surface area is 61.3 Å². The predicted octanol–water partition coefficient (Wildman–Crippen LogP) is 2.49. The van der Waals surface area contributed by atoms with Crippen molar-refractivity contribution in [2.45, 2.75) is 20.0 Å². The van der Waals surface area contributed by atoms with Crippen LogP contribution >= 0.6 is 0 Å². The van der Waals surface area contributed by atoms with Crippen LogP contribution in [0.1, 0.15) is 24.2 Å². The molecule has 1 nitrogen and oxygen atoms in total. The molecular weight excluding hydrogens is 124 g/mol. The Morgan fingerprint density at radius 3 is 2.30 bits per heavy atom. The van der Waals surface area contributed by atoms with E-state index in [-0.39, 0.29) is 0 Å². The average Bonchev–Trinajstić information content (AvgIpc) is 1.88. The molecule has 1 aromatic rings. The lowest BCUT2D eigenvalue weighted by Gasteiger charge is -2.04. The lowest BCUT2D eigenvalue weighted by molar-refractivity contribution is 0.106. The molecule has 0 heterocycles. The van der Waals surface area contributed by atoms with Crippen LogP contribution in [0.2, 0.25) is 0 Å². The molecule has 0 saturated carbocycles. The van der Waals surface area contributed by atoms with Crippen LogP contribution in [-0.2, 0) is 5.11 Å². The predicted molar refractivity (Wildman–Crippen MR) is 40.3 cm³/mol. The maximum Gasteiger partial charge on any atom is 0.115 e. The summed E-state index contributed by atoms with van der Waals surface area (Å²) in [6.45, 7) is 3.63. The minimum Gasteiger partial charge on any atom is -0.228 e. The van der Waals surface area contributed by atoms with Gasteiger partial charge in [0.25, 0.3) is 0 Å². The third-order valence-electron chi connectivity index (χ3n) is 1.63. The highest BCUT2D eigenvalue weighted by molar-refractivity contribution is 5.26. The van der Waals surface area contributed by atoms with E-state index in [9.17, 15) is 5.11 Å². The zero-order chi connectivity index (χ0) is 7.56. The third kappa shape index (κ3) is 1.36. The fourth-order valence-electron chi connectivity index (χ4n) is 1.04. The summed E-state index contributed by atoms with van der Waals surface area (Å²) in [5, 5.41) is 10.9. The van der Waals surface area contributed by atoms with E-state index in [0.29, 0.717) is 0 Å². The van der Waals surface area contributed by atoms with E-state index in [1.54, 1.807) is 6.92 Å². The minimum atomic E-state index is -0.596. The van der Waals surface area contributed by atoms with E-state index in [4.69, 9.17) is 0 Å². The van der Waals surface area contributed by atoms with Gasteiger partial charge in [0, 0.05) is 0 Å². The third-order valence-corrected chi connectivity index (χ3v) is 1.63. The summed E-state index contributed by atoms with van der Waals surface area (Å²) >= 11 is 0. The molecule has 0 spiro atoms. The van der Waals surface area contributed by atoms with Crippen LogP contribution in [0.25, 0.3) is 0 Å². The van der Waals surface area contributed by atoms with E-state index >= 15 is 0 Å². The van der Waals surface area contributed by atoms with Crippen molar-refractivity contribution in [2.75, 3.05) is 0 Å². The van der Waals surface area contributed by atoms with Crippen molar-refractivity contribution in [2.24, 2.45) is 0 Å². The second-order valence-corrected chi connectivity index (χ2v) is 2.50. The summed E-state index contributed by atoms with van der Waals surface area (Å²) in [7, 11) is 0. The van der Waals surface area contributed by atoms with Gasteiger partial charge in [0.05, 0.1) is 0 Å². The molecule has 1 heteroatoms. The molecule has 1 rings (SSSR count). The van der Waals surface area contributed by atoms with Crippen molar-refractivity contribution in [3.8, 4) is 0 Å². The Morgan fingerprint density at radius 2 is 1.90 bits per heavy atom. The van der Waals surface area contributed by atoms with Gasteiger partial charge in [0.2, 0.25) is 0 Å². The van der Waals surface area contributed by atoms with Gasteiger partial charge in [-0.1, -0.05) is 24.3 Å². The van der Waals surface area contributed by atoms with E-state index in [1.165, 1.54) is 0 Å². The number of hydrogen-bond donors (Lipinski definition) is 0. The molecule has 0 amide bonds. The van der Waals surface area contributed by atoms with Crippen molar-refractivity contribution >= 4 is 0 Å². The molecule has 0 aliphatic carbocycles. The Kier molecular flexibility index (Phi) is 2.07. The first-order valence-electron chi connectivity index (χ1n) is 3.43. The van der Waals surface area contributed by atoms with Crippen LogP contribution in [0.4, 0.5) is 0 Å². The van der Waals surface area contributed by atoms with Gasteiger partial charge in [-0.2, -0.15) is 0 Å². The van der Waals surface area contributed by atoms with Crippen LogP contribution in [0.3, 0.4) is 0 Å². The van der Waals surface area contributed by atoms with Gasteiger partial charge in [0.15, 0.2) is 0 Å². The van der Waals surface area contributed by atoms with Crippen LogP contribution in [0, 0.1) is 6.92 Å². The maximum atomic E-state index is 10.9. The molecule has 53 valence electrons. The van der Waals surface area contributed by atoms with Gasteiger partial charge < -0.3 is 0 Å². The average molecular weight is 135 g/mol. The molecule has 1 aromatic carbocycles. The summed E-state index contributed by atoms with van der Waals surface area (Å²) in [6.07, 6.45) is -0.596. The zero-order valence-corrected chi connectivity index (χ0v) is 6.29. The Morgan fingerprint density at radius 1 is 1.30 bits per heavy atom. The smallest absolute Gasteiger partial charge is 0.115 e. The van der Waals surface area contributed by atoms with E-state index in [1.807, 2.05) is 31.2 Å². The monoisotopic (exact) mass is 135 g/mol. The molecule has 1 atom stereocenters. The first-order valence-corrected chi connectivity index (χ1v) is 3.43. The van der Waals surface area contributed by atoms with Crippen LogP contribution in [-0.4, -0.2) is 0 Å². The van der Waals surface area contributed by atoms with E-state index < -0.39 is 6.10 Å². The highest BCUT2D eigenvalue weighted by Crippen LogP contribution is 2.15. The van der Waals surface area contributed by atoms with Gasteiger partial charge >= 0.3 is 0 Å². The zero-order valence-electron chi connectivity index (χ0n) is 6.29. The molecule has 0 fully saturated rings. The second-order valence-electron chi connectivity index (χ2n) is 2.50. The Bertz CT molecular complexity index is 216. The number of benzene rings is 1. The van der Waals surface area contributed by atoms with Crippen molar-refractivity contribution in [3.63, 3.8) is 0 Å².